The third-order valence-corrected chi connectivity index (χ3v) is 10.6. The van der Waals surface area contributed by atoms with Crippen molar-refractivity contribution in [1.29, 1.82) is 0 Å². The Morgan fingerprint density at radius 2 is 1.67 bits per heavy atom. The summed E-state index contributed by atoms with van der Waals surface area (Å²) in [5, 5.41) is 4.40. The van der Waals surface area contributed by atoms with Crippen LogP contribution in [-0.2, 0) is 16.1 Å². The van der Waals surface area contributed by atoms with E-state index >= 15 is 0 Å². The molecule has 2 amide bonds. The van der Waals surface area contributed by atoms with Crippen LogP contribution < -0.4 is 14.8 Å². The maximum absolute atomic E-state index is 14.8. The smallest absolute Gasteiger partial charge is 0.250 e. The zero-order valence-electron chi connectivity index (χ0n) is 27.9. The van der Waals surface area contributed by atoms with E-state index in [1.165, 1.54) is 10.9 Å². The number of aromatic amines is 1. The lowest BCUT2D eigenvalue weighted by Crippen LogP contribution is -2.62. The average Bonchev–Trinajstić information content (AvgIpc) is 3.41. The van der Waals surface area contributed by atoms with Gasteiger partial charge in [0.05, 0.1) is 19.9 Å². The Labute approximate surface area is 272 Å². The van der Waals surface area contributed by atoms with E-state index in [4.69, 9.17) is 9.47 Å². The topological polar surface area (TPSA) is 86.9 Å². The Kier molecular flexibility index (Phi) is 8.59. The molecule has 1 aromatic heterocycles. The first-order chi connectivity index (χ1) is 22.1. The summed E-state index contributed by atoms with van der Waals surface area (Å²) in [6.45, 7) is 8.45. The van der Waals surface area contributed by atoms with Crippen molar-refractivity contribution in [3.8, 4) is 11.5 Å². The van der Waals surface area contributed by atoms with E-state index in [1.807, 2.05) is 35.2 Å². The molecule has 8 nitrogen and oxygen atoms in total. The summed E-state index contributed by atoms with van der Waals surface area (Å²) in [6, 6.07) is 23.8. The highest BCUT2D eigenvalue weighted by Crippen LogP contribution is 2.67. The van der Waals surface area contributed by atoms with Crippen molar-refractivity contribution in [1.82, 2.24) is 14.8 Å². The predicted molar refractivity (Wildman–Crippen MR) is 182 cm³/mol. The number of ether oxygens (including phenoxy) is 2. The van der Waals surface area contributed by atoms with E-state index in [9.17, 15) is 9.59 Å². The third kappa shape index (κ3) is 5.75. The highest BCUT2D eigenvalue weighted by atomic mass is 16.5. The maximum atomic E-state index is 14.8. The molecule has 46 heavy (non-hydrogen) atoms. The Morgan fingerprint density at radius 3 is 2.37 bits per heavy atom. The molecule has 1 saturated heterocycles. The van der Waals surface area contributed by atoms with Gasteiger partial charge in [-0.25, -0.2) is 0 Å². The van der Waals surface area contributed by atoms with Gasteiger partial charge in [0.1, 0.15) is 17.0 Å². The molecule has 2 atom stereocenters. The van der Waals surface area contributed by atoms with E-state index in [2.05, 4.69) is 67.3 Å². The molecule has 8 heteroatoms. The van der Waals surface area contributed by atoms with Crippen molar-refractivity contribution >= 4 is 28.4 Å². The van der Waals surface area contributed by atoms with Crippen molar-refractivity contribution in [3.63, 3.8) is 0 Å². The lowest BCUT2D eigenvalue weighted by atomic mass is 9.83. The second-order valence-electron chi connectivity index (χ2n) is 13.6. The molecular formula is C38H46N4O4. The van der Waals surface area contributed by atoms with Crippen LogP contribution in [0, 0.1) is 18.3 Å². The number of para-hydroxylation sites is 1. The summed E-state index contributed by atoms with van der Waals surface area (Å²) in [7, 11) is 5.24. The molecule has 4 aromatic rings. The number of rotatable bonds is 10. The van der Waals surface area contributed by atoms with Crippen LogP contribution in [0.2, 0.25) is 0 Å². The number of methoxy groups -OCH3 is 2. The Balaban J connectivity index is 1.35. The van der Waals surface area contributed by atoms with Gasteiger partial charge in [0, 0.05) is 48.7 Å². The number of piperidine rings is 1. The zero-order valence-corrected chi connectivity index (χ0v) is 27.9. The number of aromatic nitrogens is 1. The molecule has 2 N–H and O–H groups in total. The van der Waals surface area contributed by atoms with Crippen LogP contribution in [0.5, 0.6) is 11.5 Å². The van der Waals surface area contributed by atoms with E-state index in [0.717, 1.165) is 16.8 Å². The molecular weight excluding hydrogens is 576 g/mol. The zero-order chi connectivity index (χ0) is 32.6. The fourth-order valence-corrected chi connectivity index (χ4v) is 7.69. The number of carbonyl (C=O) groups is 2. The maximum Gasteiger partial charge on any atom is 0.250 e. The van der Waals surface area contributed by atoms with Crippen molar-refractivity contribution in [2.45, 2.75) is 58.0 Å². The Bertz CT molecular complexity index is 1720. The summed E-state index contributed by atoms with van der Waals surface area (Å²) >= 11 is 0. The monoisotopic (exact) mass is 622 g/mol. The van der Waals surface area contributed by atoms with Crippen molar-refractivity contribution in [2.24, 2.45) is 11.3 Å². The number of anilines is 1. The van der Waals surface area contributed by atoms with Crippen LogP contribution in [0.4, 0.5) is 5.69 Å². The van der Waals surface area contributed by atoms with Gasteiger partial charge in [-0.1, -0.05) is 62.4 Å². The predicted octanol–water partition coefficient (Wildman–Crippen LogP) is 6.76. The molecule has 6 rings (SSSR count). The number of H-pyrrole nitrogens is 1. The van der Waals surface area contributed by atoms with Gasteiger partial charge in [0.2, 0.25) is 5.91 Å². The minimum Gasteiger partial charge on any atom is -0.497 e. The molecule has 2 heterocycles. The molecule has 242 valence electrons. The van der Waals surface area contributed by atoms with Crippen LogP contribution in [0.3, 0.4) is 0 Å². The number of aryl methyl sites for hydroxylation is 1. The highest BCUT2D eigenvalue weighted by molar-refractivity contribution is 6.01. The molecule has 1 aliphatic heterocycles. The molecule has 3 aromatic carbocycles. The molecule has 0 unspecified atom stereocenters. The van der Waals surface area contributed by atoms with Crippen LogP contribution in [0.1, 0.15) is 55.8 Å². The van der Waals surface area contributed by atoms with Crippen LogP contribution in [0.25, 0.3) is 10.9 Å². The van der Waals surface area contributed by atoms with Crippen LogP contribution >= 0.6 is 0 Å². The average molecular weight is 623 g/mol. The lowest BCUT2D eigenvalue weighted by Gasteiger charge is -2.47. The second kappa shape index (κ2) is 12.5. The van der Waals surface area contributed by atoms with Gasteiger partial charge < -0.3 is 29.6 Å². The lowest BCUT2D eigenvalue weighted by molar-refractivity contribution is -0.150. The number of likely N-dealkylation sites (tertiary alicyclic amines) is 1. The minimum atomic E-state index is -1.03. The first-order valence-corrected chi connectivity index (χ1v) is 16.2. The molecule has 1 saturated carbocycles. The summed E-state index contributed by atoms with van der Waals surface area (Å²) in [4.78, 5) is 37.1. The van der Waals surface area contributed by atoms with Gasteiger partial charge in [0.15, 0.2) is 0 Å². The molecule has 0 spiro atoms. The number of hydrogen-bond acceptors (Lipinski definition) is 5. The van der Waals surface area contributed by atoms with Crippen LogP contribution in [-0.4, -0.2) is 66.5 Å². The molecule has 0 radical (unpaired) electrons. The summed E-state index contributed by atoms with van der Waals surface area (Å²) in [6.07, 6.45) is 1.44. The molecule has 1 aliphatic carbocycles. The highest BCUT2D eigenvalue weighted by Gasteiger charge is 2.60. The van der Waals surface area contributed by atoms with Crippen molar-refractivity contribution < 1.29 is 19.1 Å². The Morgan fingerprint density at radius 1 is 0.978 bits per heavy atom. The standard InChI is InChI=1S/C38H46N4O4/c1-25-34(28-14-10-11-15-30(28)39-25)35-29(37(35,2)3)23-33(43)42(24-26-12-8-7-9-13-26)38(18-20-41(4)21-19-38)36(44)40-31-17-16-27(45-5)22-32(31)46-6/h7-17,22,29,35,39H,18-21,23-24H2,1-6H3,(H,40,44)/t29-,35-/m0/s1. The van der Waals surface area contributed by atoms with Crippen molar-refractivity contribution in [3.05, 3.63) is 89.6 Å². The fourth-order valence-electron chi connectivity index (χ4n) is 7.69. The number of fused-ring (bicyclic) bond motifs is 1. The van der Waals surface area contributed by atoms with Gasteiger partial charge in [-0.2, -0.15) is 0 Å². The molecule has 0 bridgehead atoms. The third-order valence-electron chi connectivity index (χ3n) is 10.6. The number of carbonyl (C=O) groups excluding carboxylic acids is 2. The molecule has 2 aliphatic rings. The Hall–Kier alpha value is -4.30. The van der Waals surface area contributed by atoms with E-state index in [-0.39, 0.29) is 29.1 Å². The number of benzene rings is 3. The van der Waals surface area contributed by atoms with Gasteiger partial charge in [0.25, 0.3) is 5.91 Å². The first kappa shape index (κ1) is 31.7. The number of amides is 2. The SMILES string of the molecule is COc1ccc(NC(=O)C2(N(Cc3ccccc3)C(=O)C[C@H]3[C@@H](c4c(C)[nH]c5ccccc45)C3(C)C)CCN(C)CC2)c(OC)c1. The van der Waals surface area contributed by atoms with Gasteiger partial charge >= 0.3 is 0 Å². The van der Waals surface area contributed by atoms with Gasteiger partial charge in [-0.05, 0) is 73.4 Å². The fraction of sp³-hybridized carbons (Fsp3) is 0.421. The normalized spacial score (nSPS) is 20.2. The van der Waals surface area contributed by atoms with Gasteiger partial charge in [-0.15, -0.1) is 0 Å². The first-order valence-electron chi connectivity index (χ1n) is 16.2. The van der Waals surface area contributed by atoms with E-state index in [0.29, 0.717) is 56.1 Å². The summed E-state index contributed by atoms with van der Waals surface area (Å²) < 4.78 is 11.0. The minimum absolute atomic E-state index is 0.0170. The largest absolute Gasteiger partial charge is 0.497 e. The number of nitrogens with one attached hydrogen (secondary N) is 2. The van der Waals surface area contributed by atoms with Crippen molar-refractivity contribution in [2.75, 3.05) is 39.7 Å². The van der Waals surface area contributed by atoms with Crippen LogP contribution in [0.15, 0.2) is 72.8 Å². The number of nitrogens with zero attached hydrogens (tertiary/aromatic N) is 2. The number of hydrogen-bond donors (Lipinski definition) is 2. The van der Waals surface area contributed by atoms with Gasteiger partial charge in [-0.3, -0.25) is 9.59 Å². The molecule has 2 fully saturated rings. The second-order valence-corrected chi connectivity index (χ2v) is 13.6. The summed E-state index contributed by atoms with van der Waals surface area (Å²) in [5.74, 6) is 1.38. The van der Waals surface area contributed by atoms with E-state index in [1.54, 1.807) is 32.4 Å². The van der Waals surface area contributed by atoms with E-state index < -0.39 is 5.54 Å². The summed E-state index contributed by atoms with van der Waals surface area (Å²) in [5.41, 5.74) is 4.07. The quantitative estimate of drug-likeness (QED) is 0.204.